The molecule has 0 saturated carbocycles. The van der Waals surface area contributed by atoms with Gasteiger partial charge in [0.2, 0.25) is 5.91 Å². The second-order valence-corrected chi connectivity index (χ2v) is 5.16. The highest BCUT2D eigenvalue weighted by atomic mass is 19.1. The maximum Gasteiger partial charge on any atom is 0.347 e. The van der Waals surface area contributed by atoms with Gasteiger partial charge < -0.3 is 0 Å². The van der Waals surface area contributed by atoms with E-state index < -0.39 is 11.2 Å². The van der Waals surface area contributed by atoms with Crippen molar-refractivity contribution in [1.82, 2.24) is 9.66 Å². The van der Waals surface area contributed by atoms with Gasteiger partial charge in [-0.05, 0) is 30.0 Å². The van der Waals surface area contributed by atoms with Gasteiger partial charge in [-0.2, -0.15) is 0 Å². The highest BCUT2D eigenvalue weighted by Crippen LogP contribution is 2.13. The Hall–Kier alpha value is -2.70. The fourth-order valence-corrected chi connectivity index (χ4v) is 2.14. The molecule has 1 aromatic carbocycles. The van der Waals surface area contributed by atoms with Gasteiger partial charge in [0.15, 0.2) is 0 Å². The van der Waals surface area contributed by atoms with Crippen LogP contribution in [0.2, 0.25) is 0 Å². The molecule has 0 bridgehead atoms. The molecule has 2 rings (SSSR count). The van der Waals surface area contributed by atoms with Crippen molar-refractivity contribution in [2.75, 3.05) is 5.43 Å². The monoisotopic (exact) mass is 305 g/mol. The lowest BCUT2D eigenvalue weighted by Crippen LogP contribution is -2.37. The molecule has 0 aliphatic heterocycles. The van der Waals surface area contributed by atoms with E-state index in [1.807, 2.05) is 11.9 Å². The van der Waals surface area contributed by atoms with Crippen LogP contribution in [0.25, 0.3) is 0 Å². The number of amides is 1. The number of aromatic amines is 1. The Bertz CT molecular complexity index is 782. The molecule has 1 amide bonds. The maximum absolute atomic E-state index is 13.1. The van der Waals surface area contributed by atoms with E-state index in [0.29, 0.717) is 6.42 Å². The van der Waals surface area contributed by atoms with Crippen LogP contribution < -0.4 is 16.7 Å². The predicted octanol–water partition coefficient (Wildman–Crippen LogP) is 1.01. The topological polar surface area (TPSA) is 84.0 Å². The zero-order chi connectivity index (χ0) is 16.1. The standard InChI is InChI=1S/C15H16FN3O3/c1-10(7-11-3-2-4-12(16)9-11)8-14(21)18-19-6-5-13(20)17-15(19)22/h2-6,9-10H,7-8H2,1H3,(H,18,21)(H,17,20,22). The van der Waals surface area contributed by atoms with Crippen LogP contribution in [-0.2, 0) is 11.2 Å². The number of nitrogens with zero attached hydrogens (tertiary/aromatic N) is 1. The summed E-state index contributed by atoms with van der Waals surface area (Å²) in [5.74, 6) is -0.702. The molecule has 0 fully saturated rings. The van der Waals surface area contributed by atoms with E-state index >= 15 is 0 Å². The molecule has 1 unspecified atom stereocenters. The molecule has 0 spiro atoms. The molecular formula is C15H16FN3O3. The van der Waals surface area contributed by atoms with E-state index in [-0.39, 0.29) is 24.1 Å². The van der Waals surface area contributed by atoms with Gasteiger partial charge in [-0.15, -0.1) is 0 Å². The van der Waals surface area contributed by atoms with Crippen molar-refractivity contribution >= 4 is 5.91 Å². The fourth-order valence-electron chi connectivity index (χ4n) is 2.14. The molecule has 1 aromatic heterocycles. The van der Waals surface area contributed by atoms with Gasteiger partial charge in [0.05, 0.1) is 0 Å². The largest absolute Gasteiger partial charge is 0.347 e. The SMILES string of the molecule is CC(CC(=O)Nn1ccc(=O)[nH]c1=O)Cc1cccc(F)c1. The molecule has 2 aromatic rings. The maximum atomic E-state index is 13.1. The molecule has 1 heterocycles. The Morgan fingerprint density at radius 3 is 2.82 bits per heavy atom. The molecule has 7 heteroatoms. The summed E-state index contributed by atoms with van der Waals surface area (Å²) >= 11 is 0. The van der Waals surface area contributed by atoms with Crippen LogP contribution in [0.4, 0.5) is 4.39 Å². The summed E-state index contributed by atoms with van der Waals surface area (Å²) in [6.45, 7) is 1.86. The van der Waals surface area contributed by atoms with E-state index in [1.54, 1.807) is 12.1 Å². The number of aromatic nitrogens is 2. The van der Waals surface area contributed by atoms with Crippen molar-refractivity contribution in [3.05, 3.63) is 68.7 Å². The minimum absolute atomic E-state index is 0.0275. The minimum atomic E-state index is -0.710. The van der Waals surface area contributed by atoms with E-state index in [1.165, 1.54) is 18.3 Å². The molecule has 22 heavy (non-hydrogen) atoms. The second kappa shape index (κ2) is 6.84. The Labute approximate surface area is 125 Å². The van der Waals surface area contributed by atoms with Crippen molar-refractivity contribution in [3.63, 3.8) is 0 Å². The van der Waals surface area contributed by atoms with Crippen LogP contribution in [-0.4, -0.2) is 15.6 Å². The molecule has 2 N–H and O–H groups in total. The number of hydrogen-bond acceptors (Lipinski definition) is 3. The summed E-state index contributed by atoms with van der Waals surface area (Å²) in [5.41, 5.74) is 1.95. The van der Waals surface area contributed by atoms with Crippen LogP contribution >= 0.6 is 0 Å². The Kier molecular flexibility index (Phi) is 4.88. The number of H-pyrrole nitrogens is 1. The Balaban J connectivity index is 1.94. The van der Waals surface area contributed by atoms with Gasteiger partial charge >= 0.3 is 5.69 Å². The van der Waals surface area contributed by atoms with Crippen LogP contribution in [0, 0.1) is 11.7 Å². The molecular weight excluding hydrogens is 289 g/mol. The summed E-state index contributed by atoms with van der Waals surface area (Å²) in [7, 11) is 0. The molecule has 0 radical (unpaired) electrons. The second-order valence-electron chi connectivity index (χ2n) is 5.16. The number of nitrogens with one attached hydrogen (secondary N) is 2. The molecule has 1 atom stereocenters. The lowest BCUT2D eigenvalue weighted by atomic mass is 9.98. The summed E-state index contributed by atoms with van der Waals surface area (Å²) in [5, 5.41) is 0. The third-order valence-electron chi connectivity index (χ3n) is 3.08. The van der Waals surface area contributed by atoms with E-state index in [0.717, 1.165) is 16.3 Å². The molecule has 0 aliphatic rings. The van der Waals surface area contributed by atoms with E-state index in [9.17, 15) is 18.8 Å². The van der Waals surface area contributed by atoms with Gasteiger partial charge in [0.25, 0.3) is 5.56 Å². The first-order valence-corrected chi connectivity index (χ1v) is 6.80. The summed E-state index contributed by atoms with van der Waals surface area (Å²) in [4.78, 5) is 36.3. The van der Waals surface area contributed by atoms with Crippen LogP contribution in [0.1, 0.15) is 18.9 Å². The van der Waals surface area contributed by atoms with Crippen molar-refractivity contribution in [2.45, 2.75) is 19.8 Å². The number of benzene rings is 1. The zero-order valence-corrected chi connectivity index (χ0v) is 12.0. The van der Waals surface area contributed by atoms with Crippen molar-refractivity contribution in [3.8, 4) is 0 Å². The number of halogens is 1. The lowest BCUT2D eigenvalue weighted by Gasteiger charge is -2.12. The van der Waals surface area contributed by atoms with Gasteiger partial charge in [0, 0.05) is 18.7 Å². The summed E-state index contributed by atoms with van der Waals surface area (Å²) in [6, 6.07) is 7.35. The quantitative estimate of drug-likeness (QED) is 0.865. The molecule has 0 aliphatic carbocycles. The van der Waals surface area contributed by atoms with Crippen molar-refractivity contribution < 1.29 is 9.18 Å². The Morgan fingerprint density at radius 2 is 2.14 bits per heavy atom. The predicted molar refractivity (Wildman–Crippen MR) is 79.6 cm³/mol. The van der Waals surface area contributed by atoms with E-state index in [2.05, 4.69) is 5.43 Å². The lowest BCUT2D eigenvalue weighted by molar-refractivity contribution is -0.117. The fraction of sp³-hybridized carbons (Fsp3) is 0.267. The number of hydrogen-bond donors (Lipinski definition) is 2. The first-order chi connectivity index (χ1) is 10.4. The molecule has 6 nitrogen and oxygen atoms in total. The summed E-state index contributed by atoms with van der Waals surface area (Å²) in [6.07, 6.45) is 1.91. The Morgan fingerprint density at radius 1 is 1.36 bits per heavy atom. The van der Waals surface area contributed by atoms with Crippen molar-refractivity contribution in [2.24, 2.45) is 5.92 Å². The van der Waals surface area contributed by atoms with E-state index in [4.69, 9.17) is 0 Å². The van der Waals surface area contributed by atoms with Gasteiger partial charge in [-0.3, -0.25) is 20.0 Å². The third kappa shape index (κ3) is 4.41. The number of carbonyl (C=O) groups is 1. The minimum Gasteiger partial charge on any atom is -0.273 e. The zero-order valence-electron chi connectivity index (χ0n) is 12.0. The third-order valence-corrected chi connectivity index (χ3v) is 3.08. The van der Waals surface area contributed by atoms with Gasteiger partial charge in [0.1, 0.15) is 5.82 Å². The van der Waals surface area contributed by atoms with Crippen LogP contribution in [0.3, 0.4) is 0 Å². The first kappa shape index (κ1) is 15.7. The number of rotatable bonds is 5. The van der Waals surface area contributed by atoms with Gasteiger partial charge in [-0.25, -0.2) is 13.9 Å². The summed E-state index contributed by atoms with van der Waals surface area (Å²) < 4.78 is 14.0. The highest BCUT2D eigenvalue weighted by Gasteiger charge is 2.11. The number of carbonyl (C=O) groups excluding carboxylic acids is 1. The molecule has 0 saturated heterocycles. The van der Waals surface area contributed by atoms with Crippen LogP contribution in [0.15, 0.2) is 46.1 Å². The van der Waals surface area contributed by atoms with Crippen molar-refractivity contribution in [1.29, 1.82) is 0 Å². The molecule has 116 valence electrons. The highest BCUT2D eigenvalue weighted by molar-refractivity contribution is 5.83. The average molecular weight is 305 g/mol. The normalized spacial score (nSPS) is 11.9. The average Bonchev–Trinajstić information content (AvgIpc) is 2.41. The smallest absolute Gasteiger partial charge is 0.273 e. The van der Waals surface area contributed by atoms with Gasteiger partial charge in [-0.1, -0.05) is 19.1 Å². The van der Waals surface area contributed by atoms with Crippen LogP contribution in [0.5, 0.6) is 0 Å². The first-order valence-electron chi connectivity index (χ1n) is 6.80.